The molecular formula is C13H14O3. The van der Waals surface area contributed by atoms with Crippen LogP contribution in [0, 0.1) is 0 Å². The number of carboxylic acid groups (broad SMARTS) is 1. The highest BCUT2D eigenvalue weighted by atomic mass is 16.5. The van der Waals surface area contributed by atoms with Crippen LogP contribution in [0.3, 0.4) is 0 Å². The van der Waals surface area contributed by atoms with Crippen LogP contribution in [0.2, 0.25) is 0 Å². The molecule has 2 aromatic carbocycles. The molecule has 0 saturated carbocycles. The maximum absolute atomic E-state index is 9.47. The van der Waals surface area contributed by atoms with E-state index in [0.29, 0.717) is 0 Å². The van der Waals surface area contributed by atoms with Crippen molar-refractivity contribution in [3.8, 4) is 0 Å². The van der Waals surface area contributed by atoms with Crippen LogP contribution in [-0.4, -0.2) is 24.8 Å². The van der Waals surface area contributed by atoms with Crippen LogP contribution in [0.4, 0.5) is 0 Å². The van der Waals surface area contributed by atoms with Gasteiger partial charge in [-0.3, -0.25) is 0 Å². The van der Waals surface area contributed by atoms with E-state index in [1.54, 1.807) is 0 Å². The molecule has 0 unspecified atom stereocenters. The molecule has 1 N–H and O–H groups in total. The average Bonchev–Trinajstić information content (AvgIpc) is 2.30. The number of hydrogen-bond acceptors (Lipinski definition) is 2. The smallest absolute Gasteiger partial charge is 0.329 e. The van der Waals surface area contributed by atoms with Crippen molar-refractivity contribution in [2.45, 2.75) is 0 Å². The Hall–Kier alpha value is -1.87. The third kappa shape index (κ3) is 4.11. The van der Waals surface area contributed by atoms with Crippen LogP contribution in [0.25, 0.3) is 10.8 Å². The van der Waals surface area contributed by atoms with Crippen LogP contribution >= 0.6 is 0 Å². The molecule has 3 heteroatoms. The Labute approximate surface area is 94.3 Å². The van der Waals surface area contributed by atoms with Gasteiger partial charge in [0.1, 0.15) is 6.61 Å². The van der Waals surface area contributed by atoms with Gasteiger partial charge in [-0.05, 0) is 10.8 Å². The van der Waals surface area contributed by atoms with Crippen LogP contribution in [0.15, 0.2) is 48.5 Å². The number of methoxy groups -OCH3 is 1. The van der Waals surface area contributed by atoms with E-state index in [4.69, 9.17) is 5.11 Å². The largest absolute Gasteiger partial charge is 0.480 e. The van der Waals surface area contributed by atoms with Crippen molar-refractivity contribution in [1.29, 1.82) is 0 Å². The minimum Gasteiger partial charge on any atom is -0.480 e. The second-order valence-corrected chi connectivity index (χ2v) is 3.17. The molecule has 0 fully saturated rings. The molecule has 0 aliphatic heterocycles. The normalized spacial score (nSPS) is 9.31. The lowest BCUT2D eigenvalue weighted by Gasteiger charge is -1.92. The summed E-state index contributed by atoms with van der Waals surface area (Å²) >= 11 is 0. The van der Waals surface area contributed by atoms with E-state index in [1.165, 1.54) is 17.9 Å². The summed E-state index contributed by atoms with van der Waals surface area (Å²) in [6, 6.07) is 16.7. The predicted molar refractivity (Wildman–Crippen MR) is 63.5 cm³/mol. The fraction of sp³-hybridized carbons (Fsp3) is 0.154. The zero-order valence-corrected chi connectivity index (χ0v) is 9.09. The Morgan fingerprint density at radius 1 is 1.06 bits per heavy atom. The first kappa shape index (κ1) is 12.2. The standard InChI is InChI=1S/C10H8.C3H6O3/c1-2-6-10-8-4-3-7-9(10)5-1;1-6-2-3(4)5/h1-8H;2H2,1H3,(H,4,5). The van der Waals surface area contributed by atoms with Crippen LogP contribution in [0.1, 0.15) is 0 Å². The molecule has 0 aliphatic carbocycles. The molecule has 0 atom stereocenters. The second kappa shape index (κ2) is 6.58. The van der Waals surface area contributed by atoms with Crippen molar-refractivity contribution in [2.24, 2.45) is 0 Å². The number of rotatable bonds is 2. The third-order valence-corrected chi connectivity index (χ3v) is 1.93. The topological polar surface area (TPSA) is 46.5 Å². The van der Waals surface area contributed by atoms with E-state index >= 15 is 0 Å². The van der Waals surface area contributed by atoms with Gasteiger partial charge in [0.15, 0.2) is 0 Å². The number of aliphatic carboxylic acids is 1. The van der Waals surface area contributed by atoms with Crippen molar-refractivity contribution >= 4 is 16.7 Å². The molecule has 16 heavy (non-hydrogen) atoms. The summed E-state index contributed by atoms with van der Waals surface area (Å²) in [6.45, 7) is -0.208. The number of benzene rings is 2. The van der Waals surface area contributed by atoms with Crippen molar-refractivity contribution in [1.82, 2.24) is 0 Å². The monoisotopic (exact) mass is 218 g/mol. The average molecular weight is 218 g/mol. The molecule has 0 amide bonds. The Morgan fingerprint density at radius 3 is 1.62 bits per heavy atom. The van der Waals surface area contributed by atoms with Crippen molar-refractivity contribution < 1.29 is 14.6 Å². The van der Waals surface area contributed by atoms with Gasteiger partial charge in [-0.15, -0.1) is 0 Å². The summed E-state index contributed by atoms with van der Waals surface area (Å²) in [5.41, 5.74) is 0. The minimum absolute atomic E-state index is 0.208. The Bertz CT molecular complexity index is 386. The van der Waals surface area contributed by atoms with Gasteiger partial charge in [0.25, 0.3) is 0 Å². The molecule has 84 valence electrons. The van der Waals surface area contributed by atoms with E-state index < -0.39 is 5.97 Å². The van der Waals surface area contributed by atoms with E-state index in [1.807, 2.05) is 0 Å². The molecule has 0 saturated heterocycles. The Balaban J connectivity index is 0.000000187. The molecule has 3 nitrogen and oxygen atoms in total. The van der Waals surface area contributed by atoms with Crippen molar-refractivity contribution in [3.05, 3.63) is 48.5 Å². The maximum Gasteiger partial charge on any atom is 0.329 e. The molecule has 0 aromatic heterocycles. The lowest BCUT2D eigenvalue weighted by Crippen LogP contribution is -2.02. The maximum atomic E-state index is 9.47. The number of ether oxygens (including phenoxy) is 1. The first-order valence-corrected chi connectivity index (χ1v) is 4.88. The van der Waals surface area contributed by atoms with E-state index in [0.717, 1.165) is 0 Å². The fourth-order valence-corrected chi connectivity index (χ4v) is 1.26. The lowest BCUT2D eigenvalue weighted by molar-refractivity contribution is -0.141. The highest BCUT2D eigenvalue weighted by Gasteiger charge is 1.87. The third-order valence-electron chi connectivity index (χ3n) is 1.93. The van der Waals surface area contributed by atoms with E-state index in [9.17, 15) is 4.79 Å². The van der Waals surface area contributed by atoms with Gasteiger partial charge >= 0.3 is 5.97 Å². The Morgan fingerprint density at radius 2 is 1.44 bits per heavy atom. The number of carbonyl (C=O) groups is 1. The number of carboxylic acids is 1. The summed E-state index contributed by atoms with van der Waals surface area (Å²) in [7, 11) is 1.34. The van der Waals surface area contributed by atoms with Gasteiger partial charge < -0.3 is 9.84 Å². The summed E-state index contributed by atoms with van der Waals surface area (Å²) < 4.78 is 4.20. The van der Waals surface area contributed by atoms with Crippen LogP contribution < -0.4 is 0 Å². The summed E-state index contributed by atoms with van der Waals surface area (Å²) in [5, 5.41) is 10.4. The first-order valence-electron chi connectivity index (χ1n) is 4.88. The minimum atomic E-state index is -0.933. The molecule has 0 spiro atoms. The van der Waals surface area contributed by atoms with E-state index in [-0.39, 0.29) is 6.61 Å². The van der Waals surface area contributed by atoms with Crippen molar-refractivity contribution in [2.75, 3.05) is 13.7 Å². The molecule has 0 radical (unpaired) electrons. The second-order valence-electron chi connectivity index (χ2n) is 3.17. The Kier molecular flexibility index (Phi) is 5.02. The van der Waals surface area contributed by atoms with Crippen LogP contribution in [0.5, 0.6) is 0 Å². The fourth-order valence-electron chi connectivity index (χ4n) is 1.26. The highest BCUT2D eigenvalue weighted by molar-refractivity contribution is 5.81. The van der Waals surface area contributed by atoms with Crippen LogP contribution in [-0.2, 0) is 9.53 Å². The predicted octanol–water partition coefficient (Wildman–Crippen LogP) is 2.56. The molecule has 0 aliphatic rings. The van der Waals surface area contributed by atoms with Gasteiger partial charge in [0, 0.05) is 7.11 Å². The molecular weight excluding hydrogens is 204 g/mol. The van der Waals surface area contributed by atoms with Gasteiger partial charge in [-0.25, -0.2) is 4.79 Å². The molecule has 2 rings (SSSR count). The summed E-state index contributed by atoms with van der Waals surface area (Å²) in [4.78, 5) is 9.47. The SMILES string of the molecule is COCC(=O)O.c1ccc2ccccc2c1. The van der Waals surface area contributed by atoms with Gasteiger partial charge in [0.05, 0.1) is 0 Å². The van der Waals surface area contributed by atoms with Crippen molar-refractivity contribution in [3.63, 3.8) is 0 Å². The zero-order chi connectivity index (χ0) is 11.8. The lowest BCUT2D eigenvalue weighted by atomic mass is 10.1. The van der Waals surface area contributed by atoms with Gasteiger partial charge in [-0.2, -0.15) is 0 Å². The molecule has 0 heterocycles. The highest BCUT2D eigenvalue weighted by Crippen LogP contribution is 2.11. The summed E-state index contributed by atoms with van der Waals surface area (Å²) in [5.74, 6) is -0.933. The first-order chi connectivity index (χ1) is 7.74. The van der Waals surface area contributed by atoms with Gasteiger partial charge in [-0.1, -0.05) is 48.5 Å². The molecule has 2 aromatic rings. The number of fused-ring (bicyclic) bond motifs is 1. The zero-order valence-electron chi connectivity index (χ0n) is 9.09. The summed E-state index contributed by atoms with van der Waals surface area (Å²) in [6.07, 6.45) is 0. The van der Waals surface area contributed by atoms with Gasteiger partial charge in [0.2, 0.25) is 0 Å². The van der Waals surface area contributed by atoms with E-state index in [2.05, 4.69) is 53.3 Å². The quantitative estimate of drug-likeness (QED) is 0.842. The number of hydrogen-bond donors (Lipinski definition) is 1. The molecule has 0 bridgehead atoms.